The Balaban J connectivity index is 3.20. The predicted molar refractivity (Wildman–Crippen MR) is 81.6 cm³/mol. The summed E-state index contributed by atoms with van der Waals surface area (Å²) in [5.74, 6) is -1.99. The summed E-state index contributed by atoms with van der Waals surface area (Å²) in [7, 11) is 1.16. The number of rotatable bonds is 6. The van der Waals surface area contributed by atoms with Crippen molar-refractivity contribution >= 4 is 17.7 Å². The van der Waals surface area contributed by atoms with Gasteiger partial charge in [-0.3, -0.25) is 4.99 Å². The van der Waals surface area contributed by atoms with E-state index in [0.717, 1.165) is 12.7 Å². The number of carbonyl (C=O) groups excluding carboxylic acids is 2. The first-order valence-electron chi connectivity index (χ1n) is 6.75. The summed E-state index contributed by atoms with van der Waals surface area (Å²) >= 11 is 0. The molecule has 1 aromatic carbocycles. The lowest BCUT2D eigenvalue weighted by Gasteiger charge is -2.10. The maximum absolute atomic E-state index is 12.0. The Hall–Kier alpha value is -2.63. The van der Waals surface area contributed by atoms with Crippen LogP contribution in [0.2, 0.25) is 0 Å². The van der Waals surface area contributed by atoms with E-state index in [0.29, 0.717) is 0 Å². The summed E-state index contributed by atoms with van der Waals surface area (Å²) in [4.78, 5) is 27.9. The Kier molecular flexibility index (Phi) is 6.82. The number of carbonyl (C=O) groups is 2. The van der Waals surface area contributed by atoms with Crippen molar-refractivity contribution < 1.29 is 24.2 Å². The van der Waals surface area contributed by atoms with Gasteiger partial charge in [-0.2, -0.15) is 0 Å². The number of benzene rings is 1. The van der Waals surface area contributed by atoms with Crippen LogP contribution in [0.5, 0.6) is 0 Å². The molecular formula is C16H19NO5. The fraction of sp³-hybridized carbons (Fsp3) is 0.312. The normalized spacial score (nSPS) is 12.4. The number of allylic oxidation sites excluding steroid dienone is 1. The van der Waals surface area contributed by atoms with Gasteiger partial charge in [0.05, 0.1) is 20.3 Å². The molecular weight excluding hydrogens is 286 g/mol. The molecule has 1 aromatic rings. The van der Waals surface area contributed by atoms with Crippen LogP contribution in [0.15, 0.2) is 46.7 Å². The van der Waals surface area contributed by atoms with Crippen LogP contribution in [0.4, 0.5) is 0 Å². The molecule has 0 aliphatic rings. The second-order valence-electron chi connectivity index (χ2n) is 4.32. The van der Waals surface area contributed by atoms with Gasteiger partial charge >= 0.3 is 11.9 Å². The van der Waals surface area contributed by atoms with E-state index in [-0.39, 0.29) is 30.2 Å². The summed E-state index contributed by atoms with van der Waals surface area (Å²) in [6.45, 7) is 3.22. The molecule has 0 saturated heterocycles. The van der Waals surface area contributed by atoms with E-state index in [9.17, 15) is 14.7 Å². The number of ether oxygens (including phenoxy) is 2. The third-order valence-corrected chi connectivity index (χ3v) is 2.72. The minimum atomic E-state index is -0.847. The van der Waals surface area contributed by atoms with E-state index in [1.165, 1.54) is 6.92 Å². The fourth-order valence-electron chi connectivity index (χ4n) is 1.72. The highest BCUT2D eigenvalue weighted by Crippen LogP contribution is 2.11. The zero-order chi connectivity index (χ0) is 16.5. The van der Waals surface area contributed by atoms with Crippen molar-refractivity contribution in [1.82, 2.24) is 0 Å². The van der Waals surface area contributed by atoms with Crippen LogP contribution >= 0.6 is 0 Å². The average Bonchev–Trinajstić information content (AvgIpc) is 2.51. The summed E-state index contributed by atoms with van der Waals surface area (Å²) in [5, 5.41) is 9.69. The van der Waals surface area contributed by atoms with Gasteiger partial charge in [-0.25, -0.2) is 9.59 Å². The molecule has 0 fully saturated rings. The van der Waals surface area contributed by atoms with Gasteiger partial charge in [0.1, 0.15) is 11.3 Å². The third-order valence-electron chi connectivity index (χ3n) is 2.72. The second kappa shape index (κ2) is 8.61. The summed E-state index contributed by atoms with van der Waals surface area (Å²) in [6, 6.07) is 9.20. The zero-order valence-electron chi connectivity index (χ0n) is 12.8. The molecule has 0 radical (unpaired) electrons. The molecule has 6 nitrogen and oxygen atoms in total. The van der Waals surface area contributed by atoms with Gasteiger partial charge in [0, 0.05) is 0 Å². The maximum Gasteiger partial charge on any atom is 0.357 e. The van der Waals surface area contributed by atoms with Crippen molar-refractivity contribution in [3.63, 3.8) is 0 Å². The third kappa shape index (κ3) is 4.73. The predicted octanol–water partition coefficient (Wildman–Crippen LogP) is 2.20. The summed E-state index contributed by atoms with van der Waals surface area (Å²) < 4.78 is 9.49. The smallest absolute Gasteiger partial charge is 0.357 e. The van der Waals surface area contributed by atoms with Crippen LogP contribution in [0.1, 0.15) is 19.4 Å². The van der Waals surface area contributed by atoms with Gasteiger partial charge in [-0.1, -0.05) is 30.3 Å². The molecule has 6 heteroatoms. The van der Waals surface area contributed by atoms with E-state index >= 15 is 0 Å². The first kappa shape index (κ1) is 17.4. The van der Waals surface area contributed by atoms with E-state index in [2.05, 4.69) is 9.73 Å². The van der Waals surface area contributed by atoms with Gasteiger partial charge < -0.3 is 14.6 Å². The molecule has 0 aliphatic carbocycles. The largest absolute Gasteiger partial charge is 0.512 e. The van der Waals surface area contributed by atoms with Gasteiger partial charge in [0.15, 0.2) is 5.71 Å². The van der Waals surface area contributed by atoms with Gasteiger partial charge in [-0.15, -0.1) is 0 Å². The number of methoxy groups -OCH3 is 1. The molecule has 0 aromatic heterocycles. The van der Waals surface area contributed by atoms with Crippen LogP contribution in [0, 0.1) is 0 Å². The molecule has 1 N–H and O–H groups in total. The molecule has 0 amide bonds. The Labute approximate surface area is 129 Å². The average molecular weight is 305 g/mol. The van der Waals surface area contributed by atoms with Crippen LogP contribution in [0.3, 0.4) is 0 Å². The molecule has 0 heterocycles. The number of nitrogens with zero attached hydrogens (tertiary/aromatic N) is 1. The Morgan fingerprint density at radius 3 is 2.32 bits per heavy atom. The van der Waals surface area contributed by atoms with E-state index < -0.39 is 11.9 Å². The molecule has 0 unspecified atom stereocenters. The molecule has 1 rings (SSSR count). The van der Waals surface area contributed by atoms with Gasteiger partial charge in [-0.05, 0) is 19.4 Å². The van der Waals surface area contributed by atoms with Gasteiger partial charge in [0.2, 0.25) is 0 Å². The SMILES string of the molecule is CCOC(=O)C(=NCc1ccccc1)/C(C(=O)OC)=C(/C)O. The first-order valence-corrected chi connectivity index (χ1v) is 6.75. The highest BCUT2D eigenvalue weighted by atomic mass is 16.5. The number of esters is 2. The van der Waals surface area contributed by atoms with Crippen molar-refractivity contribution in [3.05, 3.63) is 47.2 Å². The standard InChI is InChI=1S/C16H19NO5/c1-4-22-16(20)14(13(11(2)18)15(19)21-3)17-10-12-8-6-5-7-9-12/h5-9,18H,4,10H2,1-3H3/b13-11+,17-14?. The van der Waals surface area contributed by atoms with E-state index in [4.69, 9.17) is 4.74 Å². The van der Waals surface area contributed by atoms with Crippen LogP contribution in [-0.4, -0.2) is 36.5 Å². The van der Waals surface area contributed by atoms with Crippen LogP contribution in [-0.2, 0) is 25.6 Å². The molecule has 0 saturated carbocycles. The fourth-order valence-corrected chi connectivity index (χ4v) is 1.72. The maximum atomic E-state index is 12.0. The van der Waals surface area contributed by atoms with Crippen molar-refractivity contribution in [2.75, 3.05) is 13.7 Å². The van der Waals surface area contributed by atoms with E-state index in [1.807, 2.05) is 30.3 Å². The molecule has 0 spiro atoms. The van der Waals surface area contributed by atoms with Crippen molar-refractivity contribution in [2.45, 2.75) is 20.4 Å². The molecule has 22 heavy (non-hydrogen) atoms. The molecule has 118 valence electrons. The summed E-state index contributed by atoms with van der Waals surface area (Å²) in [6.07, 6.45) is 0. The highest BCUT2D eigenvalue weighted by molar-refractivity contribution is 6.49. The molecule has 0 aliphatic heterocycles. The topological polar surface area (TPSA) is 85.2 Å². The summed E-state index contributed by atoms with van der Waals surface area (Å²) in [5.41, 5.74) is 0.304. The number of aliphatic hydroxyl groups is 1. The van der Waals surface area contributed by atoms with Crippen molar-refractivity contribution in [1.29, 1.82) is 0 Å². The Morgan fingerprint density at radius 2 is 1.82 bits per heavy atom. The number of hydrogen-bond acceptors (Lipinski definition) is 6. The van der Waals surface area contributed by atoms with Crippen molar-refractivity contribution in [3.8, 4) is 0 Å². The van der Waals surface area contributed by atoms with Crippen LogP contribution < -0.4 is 0 Å². The Bertz CT molecular complexity index is 586. The zero-order valence-corrected chi connectivity index (χ0v) is 12.8. The highest BCUT2D eigenvalue weighted by Gasteiger charge is 2.27. The first-order chi connectivity index (χ1) is 10.5. The lowest BCUT2D eigenvalue weighted by atomic mass is 10.1. The van der Waals surface area contributed by atoms with Crippen LogP contribution in [0.25, 0.3) is 0 Å². The van der Waals surface area contributed by atoms with E-state index in [1.54, 1.807) is 6.92 Å². The lowest BCUT2D eigenvalue weighted by Crippen LogP contribution is -2.26. The number of aliphatic imine (C=N–C) groups is 1. The van der Waals surface area contributed by atoms with Gasteiger partial charge in [0.25, 0.3) is 0 Å². The molecule has 0 atom stereocenters. The minimum Gasteiger partial charge on any atom is -0.512 e. The minimum absolute atomic E-state index is 0.127. The quantitative estimate of drug-likeness (QED) is 0.377. The Morgan fingerprint density at radius 1 is 1.18 bits per heavy atom. The van der Waals surface area contributed by atoms with Crippen molar-refractivity contribution in [2.24, 2.45) is 4.99 Å². The monoisotopic (exact) mass is 305 g/mol. The number of hydrogen-bond donors (Lipinski definition) is 1. The lowest BCUT2D eigenvalue weighted by molar-refractivity contribution is -0.138. The second-order valence-corrected chi connectivity index (χ2v) is 4.32. The number of aliphatic hydroxyl groups excluding tert-OH is 1. The molecule has 0 bridgehead atoms.